The topological polar surface area (TPSA) is 341 Å². The summed E-state index contributed by atoms with van der Waals surface area (Å²) >= 11 is 0. The Balaban J connectivity index is 0.000000129. The van der Waals surface area contributed by atoms with E-state index in [1.165, 1.54) is 26.6 Å². The monoisotopic (exact) mass is 1910 g/mol. The number of amides is 5. The molecule has 0 atom stereocenters. The van der Waals surface area contributed by atoms with Crippen LogP contribution in [0.25, 0.3) is 83.2 Å². The summed E-state index contributed by atoms with van der Waals surface area (Å²) in [5.74, 6) is -4.54. The van der Waals surface area contributed by atoms with Crippen LogP contribution in [0.5, 0.6) is 23.3 Å². The molecular weight excluding hydrogens is 1810 g/mol. The van der Waals surface area contributed by atoms with Gasteiger partial charge < -0.3 is 67.5 Å². The number of benzene rings is 6. The van der Waals surface area contributed by atoms with Crippen LogP contribution in [0.1, 0.15) is 85.8 Å². The number of hydrogen-bond acceptors (Lipinski definition) is 18. The number of methoxy groups -OCH3 is 4. The fourth-order valence-corrected chi connectivity index (χ4v) is 16.3. The van der Waals surface area contributed by atoms with Crippen molar-refractivity contribution in [2.75, 3.05) is 55.0 Å². The number of aryl methyl sites for hydroxylation is 6. The van der Waals surface area contributed by atoms with Crippen LogP contribution < -0.4 is 45.5 Å². The van der Waals surface area contributed by atoms with Crippen LogP contribution in [0.15, 0.2) is 371 Å². The zero-order chi connectivity index (χ0) is 101. The zero-order valence-electron chi connectivity index (χ0n) is 80.0. The molecule has 14 aromatic heterocycles. The maximum Gasteiger partial charge on any atom is 0.298 e. The number of carbonyl (C=O) groups excluding carboxylic acids is 10. The summed E-state index contributed by atoms with van der Waals surface area (Å²) in [5, 5.41) is 13.3. The Morgan fingerprint density at radius 2 is 0.576 bits per heavy atom. The van der Waals surface area contributed by atoms with Crippen molar-refractivity contribution < 1.29 is 66.9 Å². The Morgan fingerprint density at radius 3 is 0.938 bits per heavy atom. The van der Waals surface area contributed by atoms with Crippen molar-refractivity contribution >= 4 is 114 Å². The number of ether oxygens (including phenoxy) is 4. The largest absolute Gasteiger partial charge is 0.495 e. The highest BCUT2D eigenvalue weighted by atomic mass is 16.5. The molecular formula is C116H96N14O14. The molecule has 0 bridgehead atoms. The number of fused-ring (bicyclic) bond motifs is 5. The lowest BCUT2D eigenvalue weighted by Crippen LogP contribution is -2.24. The SMILES string of the molecule is COc1ccc(NC(=O)C(=O)c2c(-c3ccccc3)cc3c(OC)cccn23)cn1.COc1ccc(NC(=O)C(=O)c2c(-c3cccnc3)cc3ccc(C)cn23)cn1.COc1cccn2c(C(=O)C(=O)Nc3ccc(C)cc3)c(-c3ccccc3)cc12.Cc1ccc(NC(=O)C(=O)c2c(-c3ccccc3)cc3c(C)cccn23)cc1.Cc1ccc(NC(=O)C(=O)c2c(-c3cccnc3)cc3cc(C)ccn23)cc1. The van der Waals surface area contributed by atoms with Gasteiger partial charge in [-0.25, -0.2) is 9.97 Å². The molecule has 5 amide bonds. The van der Waals surface area contributed by atoms with E-state index in [2.05, 4.69) is 46.5 Å². The molecule has 28 heteroatoms. The second kappa shape index (κ2) is 44.4. The van der Waals surface area contributed by atoms with Gasteiger partial charge in [-0.3, -0.25) is 57.9 Å². The number of nitrogens with one attached hydrogen (secondary N) is 5. The van der Waals surface area contributed by atoms with Crippen LogP contribution in [0, 0.1) is 41.5 Å². The quantitative estimate of drug-likeness (QED) is 0.0277. The van der Waals surface area contributed by atoms with Gasteiger partial charge in [0.1, 0.15) is 40.0 Å². The molecule has 0 spiro atoms. The van der Waals surface area contributed by atoms with Crippen LogP contribution in [0.2, 0.25) is 0 Å². The predicted molar refractivity (Wildman–Crippen MR) is 557 cm³/mol. The zero-order valence-corrected chi connectivity index (χ0v) is 80.0. The van der Waals surface area contributed by atoms with Crippen molar-refractivity contribution in [1.82, 2.24) is 41.9 Å². The highest BCUT2D eigenvalue weighted by molar-refractivity contribution is 6.50. The molecule has 28 nitrogen and oxygen atoms in total. The summed E-state index contributed by atoms with van der Waals surface area (Å²) in [7, 11) is 6.15. The number of rotatable bonds is 24. The first-order valence-electron chi connectivity index (χ1n) is 45.5. The first-order valence-corrected chi connectivity index (χ1v) is 45.5. The molecule has 144 heavy (non-hydrogen) atoms. The average molecular weight is 1910 g/mol. The molecule has 0 saturated heterocycles. The van der Waals surface area contributed by atoms with E-state index in [1.54, 1.807) is 152 Å². The second-order valence-corrected chi connectivity index (χ2v) is 33.4. The molecule has 20 rings (SSSR count). The van der Waals surface area contributed by atoms with E-state index in [0.717, 1.165) is 88.8 Å². The highest BCUT2D eigenvalue weighted by Crippen LogP contribution is 2.38. The standard InChI is InChI=1S/C24H20N2O3.C24H20N2O2.C23H19N3O4.C23H19N3O2.C22H18N4O3/c1-16-10-12-18(13-11-16)25-24(28)23(27)22-19(17-7-4-3-5-8-17)15-20-21(29-2)9-6-14-26(20)22;1-16-10-12-19(13-11-16)25-24(28)23(27)22-20(18-8-4-3-5-9-18)15-21-17(2)7-6-14-26(21)22;1-29-19-9-6-12-26-18(19)13-17(15-7-4-3-5-8-15)21(26)22(27)23(28)25-16-10-11-20(30-2)24-14-16;1-15-5-7-18(8-6-15)25-23(28)22(27)21-20(17-4-3-10-24-14-17)13-19-12-16(2)9-11-26(19)21;1-14-5-7-17-10-18(15-4-3-9-23-11-15)20(26(17)13-14)21(27)22(28)25-16-6-8-19(29-2)24-12-16/h3-15H,1-2H3,(H,25,28);3-15H,1-2H3,(H,25,28);3-14H,1-2H3,(H,25,28);3-14H,1-2H3,(H,25,28);3-13H,1-2H3,(H,25,28). The van der Waals surface area contributed by atoms with Gasteiger partial charge in [0.15, 0.2) is 0 Å². The first kappa shape index (κ1) is 97.7. The van der Waals surface area contributed by atoms with Gasteiger partial charge in [0.05, 0.1) is 63.2 Å². The summed E-state index contributed by atoms with van der Waals surface area (Å²) in [5.41, 5.74) is 22.0. The van der Waals surface area contributed by atoms with Gasteiger partial charge in [0.25, 0.3) is 58.5 Å². The van der Waals surface area contributed by atoms with Crippen LogP contribution >= 0.6 is 0 Å². The molecule has 20 aromatic rings. The summed E-state index contributed by atoms with van der Waals surface area (Å²) in [4.78, 5) is 146. The van der Waals surface area contributed by atoms with Crippen molar-refractivity contribution in [3.8, 4) is 78.9 Å². The number of Topliss-reactive ketones (excluding diaryl/α,β-unsaturated/α-hetero) is 5. The van der Waals surface area contributed by atoms with Crippen molar-refractivity contribution in [2.24, 2.45) is 0 Å². The van der Waals surface area contributed by atoms with E-state index < -0.39 is 58.5 Å². The van der Waals surface area contributed by atoms with Gasteiger partial charge in [-0.15, -0.1) is 0 Å². The maximum atomic E-state index is 13.2. The minimum Gasteiger partial charge on any atom is -0.495 e. The molecule has 5 N–H and O–H groups in total. The van der Waals surface area contributed by atoms with E-state index in [4.69, 9.17) is 18.9 Å². The second-order valence-electron chi connectivity index (χ2n) is 33.4. The van der Waals surface area contributed by atoms with Crippen LogP contribution in [0.3, 0.4) is 0 Å². The Bertz CT molecular complexity index is 8190. The molecule has 0 aliphatic carbocycles. The number of anilines is 5. The van der Waals surface area contributed by atoms with Gasteiger partial charge in [-0.1, -0.05) is 168 Å². The third kappa shape index (κ3) is 22.1. The van der Waals surface area contributed by atoms with E-state index in [0.29, 0.717) is 96.5 Å². The molecule has 6 aromatic carbocycles. The Hall–Kier alpha value is -19.4. The van der Waals surface area contributed by atoms with E-state index in [9.17, 15) is 47.9 Å². The summed E-state index contributed by atoms with van der Waals surface area (Å²) in [6, 6.07) is 92.7. The normalized spacial score (nSPS) is 10.7. The number of pyridine rings is 9. The summed E-state index contributed by atoms with van der Waals surface area (Å²) < 4.78 is 29.6. The summed E-state index contributed by atoms with van der Waals surface area (Å²) in [6.45, 7) is 11.8. The fraction of sp³-hybridized carbons (Fsp3) is 0.0862. The number of aromatic nitrogens is 9. The molecule has 0 unspecified atom stereocenters. The number of nitrogens with zero attached hydrogens (tertiary/aromatic N) is 9. The van der Waals surface area contributed by atoms with Gasteiger partial charge >= 0.3 is 0 Å². The maximum absolute atomic E-state index is 13.2. The van der Waals surface area contributed by atoms with Crippen molar-refractivity contribution in [2.45, 2.75) is 41.5 Å². The molecule has 0 aliphatic heterocycles. The molecule has 714 valence electrons. The van der Waals surface area contributed by atoms with Crippen LogP contribution in [0.4, 0.5) is 28.4 Å². The van der Waals surface area contributed by atoms with Gasteiger partial charge in [-0.2, -0.15) is 0 Å². The fourth-order valence-electron chi connectivity index (χ4n) is 16.3. The number of ketones is 5. The lowest BCUT2D eigenvalue weighted by molar-refractivity contribution is -0.113. The Labute approximate surface area is 827 Å². The minimum atomic E-state index is -0.762. The molecule has 0 radical (unpaired) electrons. The first-order chi connectivity index (χ1) is 69.8. The molecule has 14 heterocycles. The third-order valence-electron chi connectivity index (χ3n) is 23.5. The van der Waals surface area contributed by atoms with E-state index >= 15 is 0 Å². The van der Waals surface area contributed by atoms with E-state index in [1.807, 2.05) is 285 Å². The Kier molecular flexibility index (Phi) is 30.1. The van der Waals surface area contributed by atoms with E-state index in [-0.39, 0.29) is 11.4 Å². The van der Waals surface area contributed by atoms with Gasteiger partial charge in [0, 0.05) is 140 Å². The number of hydrogen-bond donors (Lipinski definition) is 5. The predicted octanol–water partition coefficient (Wildman–Crippen LogP) is 21.6. The molecule has 0 fully saturated rings. The van der Waals surface area contributed by atoms with Gasteiger partial charge in [0.2, 0.25) is 11.8 Å². The third-order valence-corrected chi connectivity index (χ3v) is 23.5. The lowest BCUT2D eigenvalue weighted by atomic mass is 10.0. The van der Waals surface area contributed by atoms with Crippen LogP contribution in [-0.4, -0.2) is 129 Å². The number of carbonyl (C=O) groups is 10. The Morgan fingerprint density at radius 1 is 0.250 bits per heavy atom. The molecule has 0 aliphatic rings. The minimum absolute atomic E-state index is 0.258. The molecule has 0 saturated carbocycles. The van der Waals surface area contributed by atoms with Crippen LogP contribution in [-0.2, 0) is 24.0 Å². The lowest BCUT2D eigenvalue weighted by Gasteiger charge is -2.08. The van der Waals surface area contributed by atoms with Crippen molar-refractivity contribution in [3.05, 3.63) is 433 Å². The summed E-state index contributed by atoms with van der Waals surface area (Å²) in [6.07, 6.45) is 18.5. The van der Waals surface area contributed by atoms with Crippen molar-refractivity contribution in [3.63, 3.8) is 0 Å². The van der Waals surface area contributed by atoms with Gasteiger partial charge in [-0.05, 0) is 214 Å². The van der Waals surface area contributed by atoms with Crippen molar-refractivity contribution in [1.29, 1.82) is 0 Å². The smallest absolute Gasteiger partial charge is 0.298 e. The average Bonchev–Trinajstić information content (AvgIpc) is 1.61. The highest BCUT2D eigenvalue weighted by Gasteiger charge is 2.32.